The summed E-state index contributed by atoms with van der Waals surface area (Å²) in [5.41, 5.74) is 3.23. The molecule has 1 aliphatic rings. The number of carbonyl (C=O) groups excluding carboxylic acids is 1. The summed E-state index contributed by atoms with van der Waals surface area (Å²) in [6, 6.07) is 4.67. The number of nitrogens with zero attached hydrogens (tertiary/aromatic N) is 3. The van der Waals surface area contributed by atoms with Crippen LogP contribution in [0.1, 0.15) is 21.7 Å². The fourth-order valence-corrected chi connectivity index (χ4v) is 3.90. The zero-order chi connectivity index (χ0) is 19.8. The summed E-state index contributed by atoms with van der Waals surface area (Å²) in [5.74, 6) is -0.376. The van der Waals surface area contributed by atoms with Crippen LogP contribution in [0.4, 0.5) is 11.4 Å². The molecule has 1 amide bonds. The molecule has 0 atom stereocenters. The van der Waals surface area contributed by atoms with E-state index in [0.717, 1.165) is 28.5 Å². The summed E-state index contributed by atoms with van der Waals surface area (Å²) >= 11 is 0. The number of benzene rings is 1. The Bertz CT molecular complexity index is 971. The van der Waals surface area contributed by atoms with Gasteiger partial charge in [0.05, 0.1) is 16.3 Å². The minimum atomic E-state index is -3.61. The van der Waals surface area contributed by atoms with Gasteiger partial charge in [0.1, 0.15) is 0 Å². The van der Waals surface area contributed by atoms with Crippen molar-refractivity contribution in [3.63, 3.8) is 0 Å². The van der Waals surface area contributed by atoms with Gasteiger partial charge in [0.25, 0.3) is 5.91 Å². The first-order chi connectivity index (χ1) is 12.7. The summed E-state index contributed by atoms with van der Waals surface area (Å²) in [7, 11) is 2.97. The van der Waals surface area contributed by atoms with Crippen LogP contribution in [0.15, 0.2) is 23.1 Å². The number of hydrogen-bond acceptors (Lipinski definition) is 6. The van der Waals surface area contributed by atoms with E-state index in [1.807, 2.05) is 19.0 Å². The van der Waals surface area contributed by atoms with E-state index in [1.54, 1.807) is 6.07 Å². The Morgan fingerprint density at radius 3 is 2.57 bits per heavy atom. The number of hydrogen-bond donors (Lipinski definition) is 3. The van der Waals surface area contributed by atoms with Crippen LogP contribution < -0.4 is 15.5 Å². The van der Waals surface area contributed by atoms with Gasteiger partial charge in [-0.05, 0) is 18.2 Å². The van der Waals surface area contributed by atoms with Crippen molar-refractivity contribution in [2.24, 2.45) is 0 Å². The molecule has 0 fully saturated rings. The van der Waals surface area contributed by atoms with Crippen LogP contribution in [0, 0.1) is 0 Å². The van der Waals surface area contributed by atoms with Crippen molar-refractivity contribution in [2.45, 2.75) is 17.9 Å². The molecule has 1 aliphatic heterocycles. The van der Waals surface area contributed by atoms with E-state index >= 15 is 0 Å². The Labute approximate surface area is 170 Å². The van der Waals surface area contributed by atoms with Crippen LogP contribution in [0.3, 0.4) is 0 Å². The number of aromatic amines is 1. The van der Waals surface area contributed by atoms with Gasteiger partial charge in [0.15, 0.2) is 5.69 Å². The lowest BCUT2D eigenvalue weighted by atomic mass is 10.1. The maximum atomic E-state index is 12.8. The quantitative estimate of drug-likeness (QED) is 0.656. The third-order valence-electron chi connectivity index (χ3n) is 4.50. The van der Waals surface area contributed by atoms with Crippen molar-refractivity contribution in [1.82, 2.24) is 19.8 Å². The first kappa shape index (κ1) is 22.2. The maximum absolute atomic E-state index is 12.8. The van der Waals surface area contributed by atoms with Crippen LogP contribution in [0.5, 0.6) is 0 Å². The normalized spacial score (nSPS) is 13.6. The maximum Gasteiger partial charge on any atom is 0.276 e. The number of fused-ring (bicyclic) bond motifs is 1. The van der Waals surface area contributed by atoms with Crippen molar-refractivity contribution in [2.75, 3.05) is 45.0 Å². The first-order valence-electron chi connectivity index (χ1n) is 8.54. The average molecular weight is 429 g/mol. The van der Waals surface area contributed by atoms with Gasteiger partial charge in [-0.25, -0.2) is 12.7 Å². The van der Waals surface area contributed by atoms with Gasteiger partial charge >= 0.3 is 0 Å². The Balaban J connectivity index is 0.00000280. The Morgan fingerprint density at radius 2 is 1.93 bits per heavy atom. The molecular weight excluding hydrogens is 404 g/mol. The highest BCUT2D eigenvalue weighted by atomic mass is 35.5. The molecule has 11 heteroatoms. The molecule has 0 saturated heterocycles. The Morgan fingerprint density at radius 1 is 1.21 bits per heavy atom. The fourth-order valence-electron chi connectivity index (χ4n) is 2.97. The highest BCUT2D eigenvalue weighted by Crippen LogP contribution is 2.29. The van der Waals surface area contributed by atoms with E-state index in [0.29, 0.717) is 23.6 Å². The molecule has 0 aliphatic carbocycles. The molecule has 1 aromatic carbocycles. The van der Waals surface area contributed by atoms with E-state index in [2.05, 4.69) is 20.8 Å². The zero-order valence-electron chi connectivity index (χ0n) is 16.2. The molecule has 3 N–H and O–H groups in total. The Kier molecular flexibility index (Phi) is 6.71. The molecule has 3 rings (SSSR count). The van der Waals surface area contributed by atoms with Crippen LogP contribution in [-0.4, -0.2) is 63.6 Å². The second kappa shape index (κ2) is 8.48. The van der Waals surface area contributed by atoms with Crippen molar-refractivity contribution in [3.8, 4) is 0 Å². The van der Waals surface area contributed by atoms with Gasteiger partial charge in [-0.2, -0.15) is 5.10 Å². The summed E-state index contributed by atoms with van der Waals surface area (Å²) < 4.78 is 26.0. The second-order valence-electron chi connectivity index (χ2n) is 6.77. The summed E-state index contributed by atoms with van der Waals surface area (Å²) in [6.45, 7) is 1.41. The zero-order valence-corrected chi connectivity index (χ0v) is 17.9. The third-order valence-corrected chi connectivity index (χ3v) is 6.31. The second-order valence-corrected chi connectivity index (χ2v) is 8.92. The molecule has 154 valence electrons. The molecule has 0 unspecified atom stereocenters. The molecule has 0 spiro atoms. The molecule has 2 heterocycles. The number of H-pyrrole nitrogens is 1. The standard InChI is InChI=1S/C17H24N6O3S.ClH/c1-22(2)15-6-5-11(27(25,26)23(3)4)9-14(15)19-17(24)16-12-10-18-8-7-13(12)20-21-16;/h5-6,9,18H,7-8,10H2,1-4H3,(H,19,24)(H,20,21);1H. The summed E-state index contributed by atoms with van der Waals surface area (Å²) in [5, 5.41) is 13.1. The van der Waals surface area contributed by atoms with E-state index in [1.165, 1.54) is 26.2 Å². The van der Waals surface area contributed by atoms with E-state index in [4.69, 9.17) is 0 Å². The summed E-state index contributed by atoms with van der Waals surface area (Å²) in [4.78, 5) is 14.7. The predicted molar refractivity (Wildman–Crippen MR) is 111 cm³/mol. The number of amides is 1. The monoisotopic (exact) mass is 428 g/mol. The molecule has 2 aromatic rings. The molecule has 1 aromatic heterocycles. The van der Waals surface area contributed by atoms with Gasteiger partial charge in [-0.3, -0.25) is 9.89 Å². The van der Waals surface area contributed by atoms with Crippen LogP contribution in [0.25, 0.3) is 0 Å². The highest BCUT2D eigenvalue weighted by Gasteiger charge is 2.24. The van der Waals surface area contributed by atoms with Crippen molar-refractivity contribution < 1.29 is 13.2 Å². The van der Waals surface area contributed by atoms with Crippen molar-refractivity contribution in [3.05, 3.63) is 35.2 Å². The highest BCUT2D eigenvalue weighted by molar-refractivity contribution is 7.89. The molecule has 9 nitrogen and oxygen atoms in total. The molecule has 0 bridgehead atoms. The number of rotatable bonds is 5. The predicted octanol–water partition coefficient (Wildman–Crippen LogP) is 1.05. The lowest BCUT2D eigenvalue weighted by molar-refractivity contribution is 0.102. The smallest absolute Gasteiger partial charge is 0.276 e. The number of sulfonamides is 1. The van der Waals surface area contributed by atoms with E-state index in [-0.39, 0.29) is 23.2 Å². The molecule has 28 heavy (non-hydrogen) atoms. The van der Waals surface area contributed by atoms with Gasteiger partial charge in [-0.1, -0.05) is 0 Å². The van der Waals surface area contributed by atoms with Gasteiger partial charge in [0, 0.05) is 59.0 Å². The first-order valence-corrected chi connectivity index (χ1v) is 9.98. The number of nitrogens with one attached hydrogen (secondary N) is 3. The summed E-state index contributed by atoms with van der Waals surface area (Å²) in [6.07, 6.45) is 0.787. The topological polar surface area (TPSA) is 110 Å². The van der Waals surface area contributed by atoms with Crippen molar-refractivity contribution >= 4 is 39.7 Å². The average Bonchev–Trinajstić information content (AvgIpc) is 3.05. The number of aromatic nitrogens is 2. The largest absolute Gasteiger partial charge is 0.376 e. The van der Waals surface area contributed by atoms with E-state index < -0.39 is 10.0 Å². The number of carbonyl (C=O) groups is 1. The van der Waals surface area contributed by atoms with Gasteiger partial charge < -0.3 is 15.5 Å². The van der Waals surface area contributed by atoms with Crippen molar-refractivity contribution in [1.29, 1.82) is 0 Å². The van der Waals surface area contributed by atoms with Gasteiger partial charge in [-0.15, -0.1) is 12.4 Å². The van der Waals surface area contributed by atoms with Gasteiger partial charge in [0.2, 0.25) is 10.0 Å². The number of halogens is 1. The minimum absolute atomic E-state index is 0. The lowest BCUT2D eigenvalue weighted by Gasteiger charge is -2.20. The minimum Gasteiger partial charge on any atom is -0.376 e. The van der Waals surface area contributed by atoms with Crippen LogP contribution in [-0.2, 0) is 23.0 Å². The third kappa shape index (κ3) is 4.14. The molecule has 0 saturated carbocycles. The molecule has 0 radical (unpaired) electrons. The lowest BCUT2D eigenvalue weighted by Crippen LogP contribution is -2.26. The SMILES string of the molecule is CN(C)c1ccc(S(=O)(=O)N(C)C)cc1NC(=O)c1n[nH]c2c1CNCC2.Cl. The van der Waals surface area contributed by atoms with E-state index in [9.17, 15) is 13.2 Å². The Hall–Kier alpha value is -2.14. The fraction of sp³-hybridized carbons (Fsp3) is 0.412. The van der Waals surface area contributed by atoms with Crippen LogP contribution in [0.2, 0.25) is 0 Å². The molecular formula is C17H25ClN6O3S. The van der Waals surface area contributed by atoms with Crippen LogP contribution >= 0.6 is 12.4 Å². The number of anilines is 2.